The molecule has 0 aliphatic heterocycles. The van der Waals surface area contributed by atoms with Crippen LogP contribution in [0.3, 0.4) is 0 Å². The first kappa shape index (κ1) is 25.4. The predicted molar refractivity (Wildman–Crippen MR) is 112 cm³/mol. The second kappa shape index (κ2) is 20.7. The van der Waals surface area contributed by atoms with E-state index in [0.717, 1.165) is 13.0 Å². The maximum absolute atomic E-state index is 12.0. The van der Waals surface area contributed by atoms with Crippen molar-refractivity contribution < 1.29 is 10.0 Å². The molecule has 0 aromatic rings. The number of hydrogen-bond acceptors (Lipinski definition) is 3. The van der Waals surface area contributed by atoms with E-state index in [9.17, 15) is 4.79 Å². The summed E-state index contributed by atoms with van der Waals surface area (Å²) in [6.45, 7) is 6.02. The van der Waals surface area contributed by atoms with Crippen LogP contribution in [-0.2, 0) is 4.79 Å². The van der Waals surface area contributed by atoms with Crippen LogP contribution in [0.25, 0.3) is 0 Å². The molecule has 1 amide bonds. The van der Waals surface area contributed by atoms with Crippen LogP contribution in [0, 0.1) is 0 Å². The van der Waals surface area contributed by atoms with Gasteiger partial charge in [-0.05, 0) is 13.3 Å². The van der Waals surface area contributed by atoms with Crippen molar-refractivity contribution in [1.29, 1.82) is 0 Å². The van der Waals surface area contributed by atoms with Gasteiger partial charge in [0.25, 0.3) is 0 Å². The van der Waals surface area contributed by atoms with Gasteiger partial charge in [0.05, 0.1) is 0 Å². The summed E-state index contributed by atoms with van der Waals surface area (Å²) in [5, 5.41) is 8.62. The van der Waals surface area contributed by atoms with Crippen molar-refractivity contribution in [3.05, 3.63) is 0 Å². The summed E-state index contributed by atoms with van der Waals surface area (Å²) in [5.41, 5.74) is 2.12. The molecule has 0 spiro atoms. The van der Waals surface area contributed by atoms with Gasteiger partial charge in [-0.15, -0.1) is 0 Å². The zero-order chi connectivity index (χ0) is 19.3. The summed E-state index contributed by atoms with van der Waals surface area (Å²) < 4.78 is 0. The maximum Gasteiger partial charge on any atom is 0.222 e. The third-order valence-electron chi connectivity index (χ3n) is 5.22. The quantitative estimate of drug-likeness (QED) is 0.202. The van der Waals surface area contributed by atoms with Crippen LogP contribution in [-0.4, -0.2) is 35.6 Å². The number of hydrogen-bond donors (Lipinski definition) is 2. The standard InChI is InChI=1S/C22H46N2O2/c1-3-5-6-7-8-9-10-11-12-13-14-15-16-17-18-19-22(25)24(4-2)21-20-23-26/h23,26H,3-21H2,1-2H3. The topological polar surface area (TPSA) is 52.6 Å². The van der Waals surface area contributed by atoms with E-state index in [1.807, 2.05) is 11.8 Å². The van der Waals surface area contributed by atoms with Crippen LogP contribution in [0.15, 0.2) is 0 Å². The molecule has 0 unspecified atom stereocenters. The molecule has 2 N–H and O–H groups in total. The molecule has 0 heterocycles. The number of unbranched alkanes of at least 4 members (excludes halogenated alkanes) is 14. The molecular weight excluding hydrogens is 324 g/mol. The Hall–Kier alpha value is -0.610. The molecule has 4 heteroatoms. The van der Waals surface area contributed by atoms with Gasteiger partial charge in [-0.2, -0.15) is 0 Å². The van der Waals surface area contributed by atoms with Crippen LogP contribution < -0.4 is 5.48 Å². The monoisotopic (exact) mass is 370 g/mol. The molecular formula is C22H46N2O2. The highest BCUT2D eigenvalue weighted by molar-refractivity contribution is 5.76. The van der Waals surface area contributed by atoms with Gasteiger partial charge in [-0.3, -0.25) is 4.79 Å². The molecule has 26 heavy (non-hydrogen) atoms. The number of nitrogens with zero attached hydrogens (tertiary/aromatic N) is 1. The Bertz CT molecular complexity index is 298. The van der Waals surface area contributed by atoms with Gasteiger partial charge in [0.15, 0.2) is 0 Å². The highest BCUT2D eigenvalue weighted by Crippen LogP contribution is 2.14. The predicted octanol–water partition coefficient (Wildman–Crippen LogP) is 6.08. The summed E-state index contributed by atoms with van der Waals surface area (Å²) in [6.07, 6.45) is 20.9. The molecule has 0 rings (SSSR count). The van der Waals surface area contributed by atoms with Crippen molar-refractivity contribution in [1.82, 2.24) is 10.4 Å². The highest BCUT2D eigenvalue weighted by Gasteiger charge is 2.10. The van der Waals surface area contributed by atoms with Gasteiger partial charge in [-0.1, -0.05) is 96.8 Å². The lowest BCUT2D eigenvalue weighted by molar-refractivity contribution is -0.131. The molecule has 0 saturated carbocycles. The molecule has 0 aromatic carbocycles. The van der Waals surface area contributed by atoms with Gasteiger partial charge in [0, 0.05) is 26.1 Å². The van der Waals surface area contributed by atoms with E-state index in [2.05, 4.69) is 12.4 Å². The molecule has 0 radical (unpaired) electrons. The molecule has 0 bridgehead atoms. The summed E-state index contributed by atoms with van der Waals surface area (Å²) in [6, 6.07) is 0. The molecule has 0 saturated heterocycles. The number of carbonyl (C=O) groups is 1. The summed E-state index contributed by atoms with van der Waals surface area (Å²) in [7, 11) is 0. The van der Waals surface area contributed by atoms with E-state index in [0.29, 0.717) is 19.5 Å². The number of likely N-dealkylation sites (N-methyl/N-ethyl adjacent to an activating group) is 1. The minimum absolute atomic E-state index is 0.220. The average molecular weight is 371 g/mol. The van der Waals surface area contributed by atoms with E-state index < -0.39 is 0 Å². The SMILES string of the molecule is CCCCCCCCCCCCCCCCCC(=O)N(CC)CCNO. The van der Waals surface area contributed by atoms with Crippen molar-refractivity contribution in [3.63, 3.8) is 0 Å². The number of amides is 1. The fraction of sp³-hybridized carbons (Fsp3) is 0.955. The van der Waals surface area contributed by atoms with Crippen LogP contribution in [0.2, 0.25) is 0 Å². The zero-order valence-electron chi connectivity index (χ0n) is 17.7. The lowest BCUT2D eigenvalue weighted by atomic mass is 10.0. The maximum atomic E-state index is 12.0. The number of carbonyl (C=O) groups excluding carboxylic acids is 1. The summed E-state index contributed by atoms with van der Waals surface area (Å²) >= 11 is 0. The first-order valence-electron chi connectivity index (χ1n) is 11.4. The van der Waals surface area contributed by atoms with Crippen molar-refractivity contribution >= 4 is 5.91 Å². The van der Waals surface area contributed by atoms with Gasteiger partial charge in [0.2, 0.25) is 5.91 Å². The van der Waals surface area contributed by atoms with Gasteiger partial charge < -0.3 is 10.1 Å². The smallest absolute Gasteiger partial charge is 0.222 e. The van der Waals surface area contributed by atoms with Crippen LogP contribution >= 0.6 is 0 Å². The largest absolute Gasteiger partial charge is 0.342 e. The molecule has 0 aliphatic rings. The molecule has 0 atom stereocenters. The second-order valence-corrected chi connectivity index (χ2v) is 7.58. The molecule has 0 aromatic heterocycles. The summed E-state index contributed by atoms with van der Waals surface area (Å²) in [4.78, 5) is 13.8. The minimum Gasteiger partial charge on any atom is -0.342 e. The Morgan fingerprint density at radius 2 is 1.15 bits per heavy atom. The third-order valence-corrected chi connectivity index (χ3v) is 5.22. The number of nitrogens with one attached hydrogen (secondary N) is 1. The van der Waals surface area contributed by atoms with E-state index in [1.54, 1.807) is 0 Å². The molecule has 156 valence electrons. The Kier molecular flexibility index (Phi) is 20.2. The first-order chi connectivity index (χ1) is 12.8. The van der Waals surface area contributed by atoms with Gasteiger partial charge in [-0.25, -0.2) is 5.48 Å². The van der Waals surface area contributed by atoms with E-state index in [4.69, 9.17) is 5.21 Å². The van der Waals surface area contributed by atoms with Crippen molar-refractivity contribution in [2.75, 3.05) is 19.6 Å². The average Bonchev–Trinajstić information content (AvgIpc) is 2.65. The number of rotatable bonds is 20. The number of hydroxylamine groups is 1. The lowest BCUT2D eigenvalue weighted by Gasteiger charge is -2.20. The molecule has 0 fully saturated rings. The van der Waals surface area contributed by atoms with Gasteiger partial charge >= 0.3 is 0 Å². The van der Waals surface area contributed by atoms with Gasteiger partial charge in [0.1, 0.15) is 0 Å². The Morgan fingerprint density at radius 3 is 1.54 bits per heavy atom. The van der Waals surface area contributed by atoms with Crippen LogP contribution in [0.5, 0.6) is 0 Å². The van der Waals surface area contributed by atoms with Crippen LogP contribution in [0.1, 0.15) is 117 Å². The highest BCUT2D eigenvalue weighted by atomic mass is 16.5. The minimum atomic E-state index is 0.220. The fourth-order valence-corrected chi connectivity index (χ4v) is 3.45. The third kappa shape index (κ3) is 16.8. The Labute approximate surface area is 163 Å². The lowest BCUT2D eigenvalue weighted by Crippen LogP contribution is -2.35. The second-order valence-electron chi connectivity index (χ2n) is 7.58. The zero-order valence-corrected chi connectivity index (χ0v) is 17.7. The van der Waals surface area contributed by atoms with Crippen LogP contribution in [0.4, 0.5) is 0 Å². The van der Waals surface area contributed by atoms with E-state index in [1.165, 1.54) is 89.9 Å². The Morgan fingerprint density at radius 1 is 0.731 bits per heavy atom. The van der Waals surface area contributed by atoms with E-state index >= 15 is 0 Å². The first-order valence-corrected chi connectivity index (χ1v) is 11.4. The normalized spacial score (nSPS) is 11.0. The van der Waals surface area contributed by atoms with Crippen molar-refractivity contribution in [2.45, 2.75) is 117 Å². The van der Waals surface area contributed by atoms with Crippen molar-refractivity contribution in [2.24, 2.45) is 0 Å². The Balaban J connectivity index is 3.27. The van der Waals surface area contributed by atoms with Crippen molar-refractivity contribution in [3.8, 4) is 0 Å². The van der Waals surface area contributed by atoms with E-state index in [-0.39, 0.29) is 5.91 Å². The molecule has 4 nitrogen and oxygen atoms in total. The fourth-order valence-electron chi connectivity index (χ4n) is 3.45. The summed E-state index contributed by atoms with van der Waals surface area (Å²) in [5.74, 6) is 0.220. The molecule has 0 aliphatic carbocycles.